The molecule has 228 valence electrons. The van der Waals surface area contributed by atoms with E-state index in [9.17, 15) is 34.2 Å². The van der Waals surface area contributed by atoms with Gasteiger partial charge < -0.3 is 31.9 Å². The van der Waals surface area contributed by atoms with Crippen LogP contribution in [-0.2, 0) is 24.0 Å². The zero-order valence-corrected chi connectivity index (χ0v) is 24.2. The molecule has 3 amide bonds. The number of carboxylic acids is 2. The van der Waals surface area contributed by atoms with Gasteiger partial charge in [-0.1, -0.05) is 32.6 Å². The highest BCUT2D eigenvalue weighted by Gasteiger charge is 2.45. The van der Waals surface area contributed by atoms with E-state index in [1.165, 1.54) is 6.92 Å². The van der Waals surface area contributed by atoms with Crippen LogP contribution in [0, 0.1) is 23.2 Å². The number of nitrogens with two attached hydrogens (primary N) is 1. The summed E-state index contributed by atoms with van der Waals surface area (Å²) in [5.74, 6) is -4.15. The second kappa shape index (κ2) is 16.5. The highest BCUT2D eigenvalue weighted by molar-refractivity contribution is 5.87. The Balaban J connectivity index is 2.06. The van der Waals surface area contributed by atoms with Crippen LogP contribution in [0.3, 0.4) is 0 Å². The Bertz CT molecular complexity index is 874. The lowest BCUT2D eigenvalue weighted by atomic mass is 9.73. The summed E-state index contributed by atoms with van der Waals surface area (Å²) >= 11 is 0. The molecule has 7 N–H and O–H groups in total. The van der Waals surface area contributed by atoms with Crippen molar-refractivity contribution >= 4 is 29.7 Å². The van der Waals surface area contributed by atoms with E-state index in [2.05, 4.69) is 22.9 Å². The summed E-state index contributed by atoms with van der Waals surface area (Å²) in [5, 5.41) is 28.2. The Kier molecular flexibility index (Phi) is 13.9. The first-order valence-corrected chi connectivity index (χ1v) is 15.0. The highest BCUT2D eigenvalue weighted by atomic mass is 16.4. The van der Waals surface area contributed by atoms with Crippen LogP contribution in [0.25, 0.3) is 0 Å². The molecule has 5 atom stereocenters. The number of rotatable bonds is 17. The predicted molar refractivity (Wildman–Crippen MR) is 150 cm³/mol. The van der Waals surface area contributed by atoms with Crippen LogP contribution in [-0.4, -0.2) is 65.0 Å². The molecule has 0 heterocycles. The Morgan fingerprint density at radius 3 is 2.30 bits per heavy atom. The minimum atomic E-state index is -1.08. The number of unbranched alkanes of at least 4 members (excludes halogenated alkanes) is 2. The number of amides is 3. The molecule has 2 rings (SSSR count). The molecule has 0 radical (unpaired) electrons. The average molecular weight is 567 g/mol. The van der Waals surface area contributed by atoms with Crippen molar-refractivity contribution in [1.29, 1.82) is 0 Å². The lowest BCUT2D eigenvalue weighted by Crippen LogP contribution is -2.50. The monoisotopic (exact) mass is 566 g/mol. The summed E-state index contributed by atoms with van der Waals surface area (Å²) in [6.07, 6.45) is 9.13. The molecule has 2 aliphatic carbocycles. The van der Waals surface area contributed by atoms with E-state index in [1.807, 2.05) is 0 Å². The van der Waals surface area contributed by atoms with E-state index in [0.717, 1.165) is 32.1 Å². The topological polar surface area (TPSA) is 188 Å². The maximum atomic E-state index is 13.7. The van der Waals surface area contributed by atoms with Crippen LogP contribution in [0.15, 0.2) is 0 Å². The van der Waals surface area contributed by atoms with Gasteiger partial charge in [0.1, 0.15) is 6.04 Å². The highest BCUT2D eigenvalue weighted by Crippen LogP contribution is 2.44. The van der Waals surface area contributed by atoms with Gasteiger partial charge in [0.15, 0.2) is 0 Å². The Labute approximate surface area is 237 Å². The fraction of sp³-hybridized carbons (Fsp3) is 0.828. The number of aliphatic carboxylic acids is 2. The zero-order chi connectivity index (χ0) is 29.7. The normalized spacial score (nSPS) is 23.5. The Morgan fingerprint density at radius 2 is 1.73 bits per heavy atom. The van der Waals surface area contributed by atoms with Gasteiger partial charge >= 0.3 is 11.9 Å². The molecule has 0 aromatic heterocycles. The van der Waals surface area contributed by atoms with Crippen LogP contribution in [0.5, 0.6) is 0 Å². The fourth-order valence-electron chi connectivity index (χ4n) is 6.49. The number of carboxylic acid groups (broad SMARTS) is 2. The van der Waals surface area contributed by atoms with Gasteiger partial charge in [0.05, 0.1) is 17.3 Å². The van der Waals surface area contributed by atoms with Gasteiger partial charge in [-0.3, -0.25) is 24.0 Å². The first-order valence-electron chi connectivity index (χ1n) is 15.0. The number of carbonyl (C=O) groups is 5. The van der Waals surface area contributed by atoms with E-state index >= 15 is 0 Å². The van der Waals surface area contributed by atoms with Gasteiger partial charge in [-0.05, 0) is 76.7 Å². The maximum Gasteiger partial charge on any atom is 0.308 e. The van der Waals surface area contributed by atoms with Crippen molar-refractivity contribution in [2.75, 3.05) is 13.1 Å². The first-order chi connectivity index (χ1) is 19.0. The molecule has 40 heavy (non-hydrogen) atoms. The quantitative estimate of drug-likeness (QED) is 0.145. The Morgan fingerprint density at radius 1 is 1.02 bits per heavy atom. The van der Waals surface area contributed by atoms with E-state index in [-0.39, 0.29) is 36.7 Å². The zero-order valence-electron chi connectivity index (χ0n) is 24.2. The van der Waals surface area contributed by atoms with Crippen LogP contribution >= 0.6 is 0 Å². The van der Waals surface area contributed by atoms with Crippen LogP contribution in [0.4, 0.5) is 0 Å². The van der Waals surface area contributed by atoms with Gasteiger partial charge in [-0.2, -0.15) is 0 Å². The average Bonchev–Trinajstić information content (AvgIpc) is 3.38. The lowest BCUT2D eigenvalue weighted by molar-refractivity contribution is -0.145. The summed E-state index contributed by atoms with van der Waals surface area (Å²) in [6.45, 7) is 3.73. The molecule has 0 aliphatic heterocycles. The van der Waals surface area contributed by atoms with Gasteiger partial charge in [-0.25, -0.2) is 0 Å². The molecule has 0 aromatic carbocycles. The molecule has 0 bridgehead atoms. The number of hydrogen-bond acceptors (Lipinski definition) is 6. The standard InChI is InChI=1S/C29H50N4O7/c1-3-4-9-20-16-22(11-12-23(20)27(38)39)33-28(40)29(13-6-7-14-29)17-21(26(36)37)18-31-25(35)24(32-19(2)34)10-5-8-15-30/h20-24H,3-18,30H2,1-2H3,(H,31,35)(H,32,34)(H,33,40)(H,36,37)(H,38,39)/t20-,21?,22-,23+,24+/m1/s1. The predicted octanol–water partition coefficient (Wildman–Crippen LogP) is 2.56. The molecule has 0 spiro atoms. The van der Waals surface area contributed by atoms with E-state index in [0.29, 0.717) is 57.9 Å². The van der Waals surface area contributed by atoms with Crippen molar-refractivity contribution in [2.45, 2.75) is 116 Å². The lowest BCUT2D eigenvalue weighted by Gasteiger charge is -2.37. The molecule has 2 saturated carbocycles. The van der Waals surface area contributed by atoms with Crippen molar-refractivity contribution in [3.63, 3.8) is 0 Å². The van der Waals surface area contributed by atoms with Crippen molar-refractivity contribution in [1.82, 2.24) is 16.0 Å². The van der Waals surface area contributed by atoms with Gasteiger partial charge in [0.2, 0.25) is 17.7 Å². The third kappa shape index (κ3) is 10.1. The summed E-state index contributed by atoms with van der Waals surface area (Å²) in [4.78, 5) is 62.1. The number of carbonyl (C=O) groups excluding carboxylic acids is 3. The largest absolute Gasteiger partial charge is 0.481 e. The molecular weight excluding hydrogens is 516 g/mol. The second-order valence-corrected chi connectivity index (χ2v) is 11.8. The third-order valence-electron chi connectivity index (χ3n) is 8.76. The van der Waals surface area contributed by atoms with Gasteiger partial charge in [0.25, 0.3) is 0 Å². The van der Waals surface area contributed by atoms with Crippen LogP contribution < -0.4 is 21.7 Å². The molecule has 11 heteroatoms. The molecule has 1 unspecified atom stereocenters. The molecule has 2 aliphatic rings. The SMILES string of the molecule is CCCC[C@@H]1C[C@H](NC(=O)C2(CC(CNC(=O)[C@H](CCCCN)NC(C)=O)C(=O)O)CCCC2)CC[C@@H]1C(=O)O. The number of nitrogens with one attached hydrogen (secondary N) is 3. The number of hydrogen-bond donors (Lipinski definition) is 6. The molecule has 11 nitrogen and oxygen atoms in total. The van der Waals surface area contributed by atoms with E-state index < -0.39 is 41.1 Å². The molecule has 0 saturated heterocycles. The summed E-state index contributed by atoms with van der Waals surface area (Å²) in [5.41, 5.74) is 4.69. The Hall–Kier alpha value is -2.69. The minimum Gasteiger partial charge on any atom is -0.481 e. The van der Waals surface area contributed by atoms with Gasteiger partial charge in [0, 0.05) is 19.5 Å². The maximum absolute atomic E-state index is 13.7. The summed E-state index contributed by atoms with van der Waals surface area (Å²) < 4.78 is 0. The minimum absolute atomic E-state index is 0.0134. The third-order valence-corrected chi connectivity index (χ3v) is 8.76. The van der Waals surface area contributed by atoms with Gasteiger partial charge in [-0.15, -0.1) is 0 Å². The van der Waals surface area contributed by atoms with E-state index in [4.69, 9.17) is 5.73 Å². The molecule has 2 fully saturated rings. The summed E-state index contributed by atoms with van der Waals surface area (Å²) in [6, 6.07) is -0.902. The van der Waals surface area contributed by atoms with Crippen molar-refractivity contribution < 1.29 is 34.2 Å². The van der Waals surface area contributed by atoms with Crippen LogP contribution in [0.2, 0.25) is 0 Å². The van der Waals surface area contributed by atoms with Crippen LogP contribution in [0.1, 0.15) is 104 Å². The van der Waals surface area contributed by atoms with E-state index in [1.54, 1.807) is 0 Å². The van der Waals surface area contributed by atoms with Crippen molar-refractivity contribution in [3.8, 4) is 0 Å². The van der Waals surface area contributed by atoms with Crippen molar-refractivity contribution in [2.24, 2.45) is 28.9 Å². The summed E-state index contributed by atoms with van der Waals surface area (Å²) in [7, 11) is 0. The molecule has 0 aromatic rings. The molecular formula is C29H50N4O7. The smallest absolute Gasteiger partial charge is 0.308 e. The second-order valence-electron chi connectivity index (χ2n) is 11.8. The van der Waals surface area contributed by atoms with Crippen molar-refractivity contribution in [3.05, 3.63) is 0 Å². The fourth-order valence-corrected chi connectivity index (χ4v) is 6.49. The first kappa shape index (κ1) is 33.5.